The van der Waals surface area contributed by atoms with E-state index in [0.717, 1.165) is 72.4 Å². The number of nitrogens with one attached hydrogen (secondary N) is 1. The van der Waals surface area contributed by atoms with Gasteiger partial charge in [-0.25, -0.2) is 9.59 Å². The van der Waals surface area contributed by atoms with Crippen LogP contribution in [-0.4, -0.2) is 89.3 Å². The van der Waals surface area contributed by atoms with Gasteiger partial charge in [0, 0.05) is 37.7 Å². The van der Waals surface area contributed by atoms with Crippen molar-refractivity contribution in [2.45, 2.75) is 167 Å². The molecule has 0 unspecified atom stereocenters. The number of halogens is 1. The van der Waals surface area contributed by atoms with E-state index in [-0.39, 0.29) is 63.0 Å². The highest BCUT2D eigenvalue weighted by molar-refractivity contribution is 6.18. The molecule has 6 atom stereocenters. The quantitative estimate of drug-likeness (QED) is 0.0267. The molecule has 1 fully saturated rings. The first kappa shape index (κ1) is 55.7. The maximum atomic E-state index is 14.9. The third-order valence-corrected chi connectivity index (χ3v) is 14.4. The molecule has 0 spiro atoms. The van der Waals surface area contributed by atoms with Crippen LogP contribution < -0.4 is 14.8 Å². The van der Waals surface area contributed by atoms with Gasteiger partial charge in [0.25, 0.3) is 0 Å². The van der Waals surface area contributed by atoms with Crippen LogP contribution in [0.15, 0.2) is 90.1 Å². The van der Waals surface area contributed by atoms with Crippen molar-refractivity contribution in [2.24, 2.45) is 22.9 Å². The Bertz CT molecular complexity index is 2220. The molecule has 2 aliphatic carbocycles. The third kappa shape index (κ3) is 15.0. The predicted octanol–water partition coefficient (Wildman–Crippen LogP) is 13.2. The smallest absolute Gasteiger partial charge is 0.412 e. The number of rotatable bonds is 29. The van der Waals surface area contributed by atoms with Crippen LogP contribution in [0, 0.1) is 17.8 Å². The normalized spacial score (nSPS) is 21.9. The van der Waals surface area contributed by atoms with Crippen molar-refractivity contribution < 1.29 is 43.6 Å². The van der Waals surface area contributed by atoms with E-state index in [9.17, 15) is 19.8 Å². The molecule has 6 rings (SSSR count). The highest BCUT2D eigenvalue weighted by Gasteiger charge is 2.66. The highest BCUT2D eigenvalue weighted by Crippen LogP contribution is 2.62. The minimum atomic E-state index is -1.52. The van der Waals surface area contributed by atoms with E-state index in [2.05, 4.69) is 43.1 Å². The monoisotopic (exact) mass is 1000 g/mol. The second-order valence-electron chi connectivity index (χ2n) is 20.5. The number of carbonyl (C=O) groups is 2. The fourth-order valence-electron chi connectivity index (χ4n) is 11.0. The summed E-state index contributed by atoms with van der Waals surface area (Å²) in [6.45, 7) is 13.1. The Morgan fingerprint density at radius 2 is 1.62 bits per heavy atom. The van der Waals surface area contributed by atoms with E-state index in [4.69, 9.17) is 40.5 Å². The largest absolute Gasteiger partial charge is 0.459 e. The SMILES string of the molecule is C=CCO[C@@]12Oc3ccc(OC(=O)NCCCCCCCCCCCC)cc3[C@H]3[C@H](CCCCO)[C@@H](CCCCO)C=C(C(=NOC(C)(C)C)C[C@@H]1N(Cc1cccc4ccccc14)C(=O)OCCCl)[C@H]32. The first-order valence-electron chi connectivity index (χ1n) is 26.7. The highest BCUT2D eigenvalue weighted by atomic mass is 35.5. The number of benzene rings is 3. The van der Waals surface area contributed by atoms with Crippen molar-refractivity contribution in [3.05, 3.63) is 96.1 Å². The summed E-state index contributed by atoms with van der Waals surface area (Å²) >= 11 is 6.18. The van der Waals surface area contributed by atoms with Gasteiger partial charge in [0.05, 0.1) is 30.7 Å². The number of allylic oxidation sites excluding steroid dienone is 1. The molecule has 390 valence electrons. The number of aliphatic hydroxyl groups excluding tert-OH is 2. The fourth-order valence-corrected chi connectivity index (χ4v) is 11.1. The third-order valence-electron chi connectivity index (χ3n) is 14.2. The lowest BCUT2D eigenvalue weighted by Gasteiger charge is -2.60. The Morgan fingerprint density at radius 3 is 2.32 bits per heavy atom. The molecule has 0 aromatic heterocycles. The summed E-state index contributed by atoms with van der Waals surface area (Å²) in [7, 11) is 0. The van der Waals surface area contributed by atoms with Crippen LogP contribution in [0.3, 0.4) is 0 Å². The van der Waals surface area contributed by atoms with E-state index in [1.54, 1.807) is 17.0 Å². The maximum absolute atomic E-state index is 14.9. The predicted molar refractivity (Wildman–Crippen MR) is 283 cm³/mol. The van der Waals surface area contributed by atoms with E-state index in [1.165, 1.54) is 44.9 Å². The zero-order valence-electron chi connectivity index (χ0n) is 43.0. The molecule has 12 nitrogen and oxygen atoms in total. The first-order valence-corrected chi connectivity index (χ1v) is 27.2. The second-order valence-corrected chi connectivity index (χ2v) is 20.9. The van der Waals surface area contributed by atoms with Gasteiger partial charge in [0.1, 0.15) is 29.7 Å². The average molecular weight is 1000 g/mol. The Labute approximate surface area is 428 Å². The van der Waals surface area contributed by atoms with Crippen LogP contribution in [-0.2, 0) is 20.9 Å². The van der Waals surface area contributed by atoms with Crippen molar-refractivity contribution in [3.8, 4) is 11.5 Å². The first-order chi connectivity index (χ1) is 34.5. The van der Waals surface area contributed by atoms with Crippen LogP contribution >= 0.6 is 11.6 Å². The number of carbonyl (C=O) groups excluding carboxylic acids is 2. The summed E-state index contributed by atoms with van der Waals surface area (Å²) in [5.74, 6) is -1.38. The number of fused-ring (bicyclic) bond motifs is 3. The molecule has 1 aliphatic heterocycles. The summed E-state index contributed by atoms with van der Waals surface area (Å²) in [4.78, 5) is 36.3. The second kappa shape index (κ2) is 28.0. The summed E-state index contributed by atoms with van der Waals surface area (Å²) in [6, 6.07) is 18.9. The van der Waals surface area contributed by atoms with Gasteiger partial charge in [-0.05, 0) is 105 Å². The molecule has 3 aromatic rings. The fraction of sp³-hybridized carbons (Fsp3) is 0.603. The average Bonchev–Trinajstić information content (AvgIpc) is 3.36. The van der Waals surface area contributed by atoms with Gasteiger partial charge in [-0.3, -0.25) is 4.90 Å². The molecule has 2 amide bonds. The molecule has 3 aromatic carbocycles. The minimum absolute atomic E-state index is 0.00724. The molecular formula is C58H82ClN3O9. The van der Waals surface area contributed by atoms with Gasteiger partial charge < -0.3 is 39.3 Å². The standard InChI is InChI=1S/C58H82ClN3O9/c1-6-8-9-10-11-12-13-14-15-20-33-60-55(65)69-45-30-31-51-49(39-45)53-47(29-19-22-35-64)43(25-18-21-34-63)38-48-50(61-71-57(3,4)5)40-52(58(70-51,54(48)53)68-36-7-2)62(56(66)67-37-32-59)41-44-27-23-26-42-24-16-17-28-46(42)44/h7,16-17,23-24,26-28,30-31,38-39,43,47,52-54,63-64H,2,6,8-15,18-22,25,29,32-37,40-41H2,1,3-5H3,(H,60,65)/t43-,47+,52-,53+,54+,58+/m0/s1. The van der Waals surface area contributed by atoms with Gasteiger partial charge in [-0.15, -0.1) is 18.2 Å². The van der Waals surface area contributed by atoms with Gasteiger partial charge in [-0.1, -0.05) is 137 Å². The van der Waals surface area contributed by atoms with Gasteiger partial charge >= 0.3 is 12.2 Å². The van der Waals surface area contributed by atoms with E-state index in [1.807, 2.05) is 57.2 Å². The van der Waals surface area contributed by atoms with Gasteiger partial charge in [0.2, 0.25) is 5.79 Å². The molecule has 0 bridgehead atoms. The number of unbranched alkanes of at least 4 members (excludes halogenated alkanes) is 11. The van der Waals surface area contributed by atoms with Crippen LogP contribution in [0.5, 0.6) is 11.5 Å². The maximum Gasteiger partial charge on any atom is 0.412 e. The number of amides is 2. The van der Waals surface area contributed by atoms with E-state index in [0.29, 0.717) is 36.6 Å². The van der Waals surface area contributed by atoms with Gasteiger partial charge in [-0.2, -0.15) is 0 Å². The summed E-state index contributed by atoms with van der Waals surface area (Å²) in [5.41, 5.74) is 2.68. The molecule has 0 radical (unpaired) electrons. The number of aliphatic hydroxyl groups is 2. The van der Waals surface area contributed by atoms with Crippen LogP contribution in [0.4, 0.5) is 9.59 Å². The number of oxime groups is 1. The van der Waals surface area contributed by atoms with E-state index >= 15 is 0 Å². The van der Waals surface area contributed by atoms with Crippen molar-refractivity contribution in [2.75, 3.05) is 38.9 Å². The number of hydrogen-bond donors (Lipinski definition) is 3. The molecule has 1 heterocycles. The van der Waals surface area contributed by atoms with Crippen molar-refractivity contribution >= 4 is 40.3 Å². The minimum Gasteiger partial charge on any atom is -0.459 e. The molecule has 0 saturated heterocycles. The lowest BCUT2D eigenvalue weighted by molar-refractivity contribution is -0.256. The van der Waals surface area contributed by atoms with Crippen molar-refractivity contribution in [1.82, 2.24) is 10.2 Å². The van der Waals surface area contributed by atoms with E-state index < -0.39 is 35.5 Å². The Hall–Kier alpha value is -4.62. The number of alkyl halides is 1. The Balaban J connectivity index is 1.45. The van der Waals surface area contributed by atoms with Crippen molar-refractivity contribution in [1.29, 1.82) is 0 Å². The van der Waals surface area contributed by atoms with Crippen molar-refractivity contribution in [3.63, 3.8) is 0 Å². The molecule has 3 N–H and O–H groups in total. The molecular weight excluding hydrogens is 918 g/mol. The van der Waals surface area contributed by atoms with Crippen LogP contribution in [0.25, 0.3) is 10.8 Å². The topological polar surface area (TPSA) is 148 Å². The van der Waals surface area contributed by atoms with Gasteiger partial charge in [0.15, 0.2) is 0 Å². The molecule has 1 saturated carbocycles. The Morgan fingerprint density at radius 1 is 0.915 bits per heavy atom. The zero-order valence-corrected chi connectivity index (χ0v) is 43.8. The summed E-state index contributed by atoms with van der Waals surface area (Å²) in [6.07, 6.45) is 19.5. The summed E-state index contributed by atoms with van der Waals surface area (Å²) in [5, 5.41) is 30.0. The molecule has 3 aliphatic rings. The lowest BCUT2D eigenvalue weighted by Crippen LogP contribution is -2.70. The number of ether oxygens (including phenoxy) is 4. The lowest BCUT2D eigenvalue weighted by atomic mass is 9.55. The number of nitrogens with zero attached hydrogens (tertiary/aromatic N) is 2. The van der Waals surface area contributed by atoms with Crippen LogP contribution in [0.1, 0.15) is 154 Å². The Kier molecular flexibility index (Phi) is 22.0. The summed E-state index contributed by atoms with van der Waals surface area (Å²) < 4.78 is 26.6. The molecule has 13 heteroatoms. The molecule has 71 heavy (non-hydrogen) atoms. The van der Waals surface area contributed by atoms with Crippen LogP contribution in [0.2, 0.25) is 0 Å². The zero-order chi connectivity index (χ0) is 50.6. The number of hydrogen-bond acceptors (Lipinski definition) is 10.